The first-order chi connectivity index (χ1) is 9.76. The summed E-state index contributed by atoms with van der Waals surface area (Å²) < 4.78 is 0.990. The van der Waals surface area contributed by atoms with Crippen LogP contribution in [0.25, 0.3) is 10.9 Å². The van der Waals surface area contributed by atoms with Crippen molar-refractivity contribution < 1.29 is 0 Å². The third-order valence-electron chi connectivity index (χ3n) is 2.93. The fourth-order valence-corrected chi connectivity index (χ4v) is 2.45. The first-order valence-corrected chi connectivity index (χ1v) is 6.88. The van der Waals surface area contributed by atoms with Crippen molar-refractivity contribution in [3.05, 3.63) is 64.6 Å². The van der Waals surface area contributed by atoms with Gasteiger partial charge in [-0.15, -0.1) is 0 Å². The maximum Gasteiger partial charge on any atom is 0.132 e. The summed E-state index contributed by atoms with van der Waals surface area (Å²) in [6, 6.07) is 19.4. The molecule has 0 fully saturated rings. The number of nitrogens with zero attached hydrogens (tertiary/aromatic N) is 2. The van der Waals surface area contributed by atoms with E-state index in [9.17, 15) is 5.26 Å². The fraction of sp³-hybridized carbons (Fsp3) is 0. The molecule has 2 aromatic carbocycles. The van der Waals surface area contributed by atoms with Gasteiger partial charge in [0.25, 0.3) is 0 Å². The van der Waals surface area contributed by atoms with Gasteiger partial charge in [0.05, 0.1) is 17.1 Å². The Kier molecular flexibility index (Phi) is 3.36. The van der Waals surface area contributed by atoms with Gasteiger partial charge in [-0.1, -0.05) is 40.2 Å². The Labute approximate surface area is 125 Å². The van der Waals surface area contributed by atoms with Gasteiger partial charge in [0.15, 0.2) is 0 Å². The van der Waals surface area contributed by atoms with Gasteiger partial charge in [0.1, 0.15) is 5.82 Å². The van der Waals surface area contributed by atoms with Gasteiger partial charge in [-0.05, 0) is 30.3 Å². The summed E-state index contributed by atoms with van der Waals surface area (Å²) in [5.41, 5.74) is 2.35. The molecule has 1 aromatic heterocycles. The Bertz CT molecular complexity index is 821. The molecule has 0 bridgehead atoms. The second-order valence-corrected chi connectivity index (χ2v) is 5.24. The van der Waals surface area contributed by atoms with Crippen LogP contribution in [0.5, 0.6) is 0 Å². The molecule has 0 aliphatic heterocycles. The summed E-state index contributed by atoms with van der Waals surface area (Å²) in [4.78, 5) is 4.53. The number of nitriles is 1. The molecular weight excluding hydrogens is 314 g/mol. The second kappa shape index (κ2) is 5.32. The Morgan fingerprint density at radius 1 is 1.05 bits per heavy atom. The van der Waals surface area contributed by atoms with Crippen LogP contribution in [0.3, 0.4) is 0 Å². The summed E-state index contributed by atoms with van der Waals surface area (Å²) >= 11 is 3.43. The number of pyridine rings is 1. The van der Waals surface area contributed by atoms with Crippen LogP contribution >= 0.6 is 15.9 Å². The first-order valence-electron chi connectivity index (χ1n) is 6.09. The van der Waals surface area contributed by atoms with Crippen LogP contribution in [-0.2, 0) is 0 Å². The van der Waals surface area contributed by atoms with Gasteiger partial charge >= 0.3 is 0 Å². The molecule has 4 heteroatoms. The molecule has 0 saturated heterocycles. The van der Waals surface area contributed by atoms with E-state index in [1.54, 1.807) is 6.07 Å². The number of benzene rings is 2. The van der Waals surface area contributed by atoms with Crippen molar-refractivity contribution in [1.29, 1.82) is 5.26 Å². The molecular formula is C16H10BrN3. The van der Waals surface area contributed by atoms with Gasteiger partial charge in [-0.2, -0.15) is 5.26 Å². The lowest BCUT2D eigenvalue weighted by Gasteiger charge is -2.08. The van der Waals surface area contributed by atoms with Crippen LogP contribution in [-0.4, -0.2) is 4.98 Å². The number of fused-ring (bicyclic) bond motifs is 1. The summed E-state index contributed by atoms with van der Waals surface area (Å²) in [7, 11) is 0. The largest absolute Gasteiger partial charge is 0.340 e. The van der Waals surface area contributed by atoms with E-state index in [0.29, 0.717) is 11.4 Å². The number of aromatic nitrogens is 1. The Morgan fingerprint density at radius 2 is 1.90 bits per heavy atom. The third kappa shape index (κ3) is 2.49. The second-order valence-electron chi connectivity index (χ2n) is 4.32. The van der Waals surface area contributed by atoms with E-state index in [4.69, 9.17) is 0 Å². The third-order valence-corrected chi connectivity index (χ3v) is 3.43. The number of nitrogens with one attached hydrogen (secondary N) is 1. The van der Waals surface area contributed by atoms with E-state index in [-0.39, 0.29) is 0 Å². The predicted molar refractivity (Wildman–Crippen MR) is 83.9 cm³/mol. The average molecular weight is 324 g/mol. The van der Waals surface area contributed by atoms with Crippen LogP contribution in [0.2, 0.25) is 0 Å². The van der Waals surface area contributed by atoms with Gasteiger partial charge in [-0.25, -0.2) is 4.98 Å². The maximum atomic E-state index is 9.26. The van der Waals surface area contributed by atoms with Crippen molar-refractivity contribution in [2.75, 3.05) is 5.32 Å². The van der Waals surface area contributed by atoms with E-state index in [0.717, 1.165) is 21.1 Å². The van der Waals surface area contributed by atoms with Crippen molar-refractivity contribution in [3.63, 3.8) is 0 Å². The van der Waals surface area contributed by atoms with Gasteiger partial charge in [0, 0.05) is 15.5 Å². The Morgan fingerprint density at radius 3 is 2.70 bits per heavy atom. The zero-order valence-corrected chi connectivity index (χ0v) is 12.1. The van der Waals surface area contributed by atoms with Crippen LogP contribution in [0.4, 0.5) is 11.5 Å². The maximum absolute atomic E-state index is 9.26. The molecule has 0 aliphatic rings. The number of rotatable bonds is 2. The summed E-state index contributed by atoms with van der Waals surface area (Å²) in [6.07, 6.45) is 0. The molecule has 3 nitrogen and oxygen atoms in total. The van der Waals surface area contributed by atoms with E-state index in [1.807, 2.05) is 48.5 Å². The molecule has 0 spiro atoms. The van der Waals surface area contributed by atoms with Crippen LogP contribution < -0.4 is 5.32 Å². The van der Waals surface area contributed by atoms with E-state index < -0.39 is 0 Å². The van der Waals surface area contributed by atoms with Crippen molar-refractivity contribution in [2.45, 2.75) is 0 Å². The minimum absolute atomic E-state index is 0.619. The number of hydrogen-bond acceptors (Lipinski definition) is 3. The molecule has 0 atom stereocenters. The van der Waals surface area contributed by atoms with Crippen LogP contribution in [0, 0.1) is 11.3 Å². The molecule has 1 heterocycles. The average Bonchev–Trinajstić information content (AvgIpc) is 2.46. The Hall–Kier alpha value is -2.38. The van der Waals surface area contributed by atoms with Crippen LogP contribution in [0.15, 0.2) is 59.1 Å². The molecule has 3 rings (SSSR count). The highest BCUT2D eigenvalue weighted by molar-refractivity contribution is 9.10. The predicted octanol–water partition coefficient (Wildman–Crippen LogP) is 4.61. The quantitative estimate of drug-likeness (QED) is 0.749. The van der Waals surface area contributed by atoms with Crippen molar-refractivity contribution in [1.82, 2.24) is 4.98 Å². The lowest BCUT2D eigenvalue weighted by molar-refractivity contribution is 1.36. The van der Waals surface area contributed by atoms with Gasteiger partial charge < -0.3 is 5.32 Å². The van der Waals surface area contributed by atoms with Crippen molar-refractivity contribution in [2.24, 2.45) is 0 Å². The summed E-state index contributed by atoms with van der Waals surface area (Å²) in [5, 5.41) is 13.3. The number of para-hydroxylation sites is 1. The van der Waals surface area contributed by atoms with E-state index >= 15 is 0 Å². The zero-order valence-electron chi connectivity index (χ0n) is 10.5. The lowest BCUT2D eigenvalue weighted by Crippen LogP contribution is -1.95. The molecule has 0 radical (unpaired) electrons. The molecule has 0 amide bonds. The van der Waals surface area contributed by atoms with E-state index in [1.165, 1.54) is 0 Å². The molecule has 0 aliphatic carbocycles. The summed E-state index contributed by atoms with van der Waals surface area (Å²) in [6.45, 7) is 0. The lowest BCUT2D eigenvalue weighted by atomic mass is 10.1. The molecule has 1 N–H and O–H groups in total. The molecule has 0 saturated carbocycles. The Balaban J connectivity index is 2.06. The normalized spacial score (nSPS) is 10.2. The molecule has 3 aromatic rings. The fourth-order valence-electron chi connectivity index (χ4n) is 2.05. The molecule has 0 unspecified atom stereocenters. The zero-order chi connectivity index (χ0) is 13.9. The minimum atomic E-state index is 0.619. The molecule has 96 valence electrons. The highest BCUT2D eigenvalue weighted by Gasteiger charge is 2.05. The van der Waals surface area contributed by atoms with Crippen LogP contribution in [0.1, 0.15) is 5.56 Å². The molecule has 20 heavy (non-hydrogen) atoms. The van der Waals surface area contributed by atoms with E-state index in [2.05, 4.69) is 32.3 Å². The number of hydrogen-bond donors (Lipinski definition) is 1. The van der Waals surface area contributed by atoms with Gasteiger partial charge in [-0.3, -0.25) is 0 Å². The highest BCUT2D eigenvalue weighted by Crippen LogP contribution is 2.24. The number of halogens is 1. The SMILES string of the molecule is N#Cc1cc(Nc2cccc(Br)c2)nc2ccccc12. The smallest absolute Gasteiger partial charge is 0.132 e. The first kappa shape index (κ1) is 12.6. The number of anilines is 2. The van der Waals surface area contributed by atoms with Crippen molar-refractivity contribution in [3.8, 4) is 6.07 Å². The standard InChI is InChI=1S/C16H10BrN3/c17-12-4-3-5-13(9-12)19-16-8-11(10-18)14-6-1-2-7-15(14)20-16/h1-9H,(H,19,20). The highest BCUT2D eigenvalue weighted by atomic mass is 79.9. The van der Waals surface area contributed by atoms with Crippen molar-refractivity contribution >= 4 is 38.3 Å². The topological polar surface area (TPSA) is 48.7 Å². The summed E-state index contributed by atoms with van der Waals surface area (Å²) in [5.74, 6) is 0.665. The van der Waals surface area contributed by atoms with Gasteiger partial charge in [0.2, 0.25) is 0 Å². The monoisotopic (exact) mass is 323 g/mol. The minimum Gasteiger partial charge on any atom is -0.340 e.